The van der Waals surface area contributed by atoms with E-state index >= 15 is 0 Å². The number of benzene rings is 1. The van der Waals surface area contributed by atoms with Gasteiger partial charge in [0.15, 0.2) is 0 Å². The third-order valence-electron chi connectivity index (χ3n) is 4.77. The van der Waals surface area contributed by atoms with Crippen molar-refractivity contribution in [1.29, 1.82) is 0 Å². The quantitative estimate of drug-likeness (QED) is 0.611. The van der Waals surface area contributed by atoms with Gasteiger partial charge in [0.25, 0.3) is 11.5 Å². The number of aromatic hydroxyl groups is 1. The van der Waals surface area contributed by atoms with Gasteiger partial charge in [-0.1, -0.05) is 18.5 Å². The van der Waals surface area contributed by atoms with Gasteiger partial charge < -0.3 is 15.4 Å². The summed E-state index contributed by atoms with van der Waals surface area (Å²) in [7, 11) is 0. The van der Waals surface area contributed by atoms with Crippen LogP contribution >= 0.6 is 22.9 Å². The van der Waals surface area contributed by atoms with Crippen molar-refractivity contribution in [1.82, 2.24) is 4.98 Å². The standard InChI is InChI=1S/C19H17ClN2O3S/c1-9-2-7-12-13(8-9)26-19-14(12)16(23)15(18(25)22-19)17(24)21-11-5-3-10(20)4-6-11/h3-6,9H,2,7-8H2,1H3,(H,21,24)(H2,22,23,25). The molecule has 1 amide bonds. The third-order valence-corrected chi connectivity index (χ3v) is 6.19. The van der Waals surface area contributed by atoms with Gasteiger partial charge in [-0.2, -0.15) is 0 Å². The first-order chi connectivity index (χ1) is 12.4. The molecule has 1 aliphatic carbocycles. The number of aromatic nitrogens is 1. The molecule has 134 valence electrons. The maximum Gasteiger partial charge on any atom is 0.265 e. The van der Waals surface area contributed by atoms with Crippen molar-refractivity contribution in [3.8, 4) is 5.75 Å². The van der Waals surface area contributed by atoms with Crippen LogP contribution in [-0.4, -0.2) is 16.0 Å². The molecular weight excluding hydrogens is 372 g/mol. The smallest absolute Gasteiger partial charge is 0.265 e. The summed E-state index contributed by atoms with van der Waals surface area (Å²) in [6.45, 7) is 2.20. The number of carbonyl (C=O) groups excluding carboxylic acids is 1. The summed E-state index contributed by atoms with van der Waals surface area (Å²) < 4.78 is 0. The third kappa shape index (κ3) is 2.89. The van der Waals surface area contributed by atoms with Crippen LogP contribution in [0.1, 0.15) is 34.1 Å². The zero-order chi connectivity index (χ0) is 18.4. The first kappa shape index (κ1) is 17.1. The molecule has 0 aliphatic heterocycles. The van der Waals surface area contributed by atoms with E-state index < -0.39 is 11.5 Å². The molecule has 5 nitrogen and oxygen atoms in total. The number of aromatic amines is 1. The molecule has 1 unspecified atom stereocenters. The minimum atomic E-state index is -0.642. The predicted molar refractivity (Wildman–Crippen MR) is 105 cm³/mol. The Morgan fingerprint density at radius 1 is 1.35 bits per heavy atom. The molecule has 3 N–H and O–H groups in total. The number of carbonyl (C=O) groups is 1. The zero-order valence-electron chi connectivity index (χ0n) is 14.1. The van der Waals surface area contributed by atoms with Crippen molar-refractivity contribution in [2.75, 3.05) is 5.32 Å². The Labute approximate surface area is 158 Å². The SMILES string of the molecule is CC1CCc2c(sc3[nH]c(=O)c(C(=O)Nc4ccc(Cl)cc4)c(O)c23)C1. The molecule has 0 fully saturated rings. The lowest BCUT2D eigenvalue weighted by Gasteiger charge is -2.18. The van der Waals surface area contributed by atoms with Crippen LogP contribution in [-0.2, 0) is 12.8 Å². The second-order valence-electron chi connectivity index (χ2n) is 6.69. The number of fused-ring (bicyclic) bond motifs is 3. The summed E-state index contributed by atoms with van der Waals surface area (Å²) in [6.07, 6.45) is 2.81. The van der Waals surface area contributed by atoms with Gasteiger partial charge in [0, 0.05) is 15.6 Å². The van der Waals surface area contributed by atoms with Crippen molar-refractivity contribution in [3.63, 3.8) is 0 Å². The van der Waals surface area contributed by atoms with Gasteiger partial charge in [0.1, 0.15) is 16.1 Å². The number of thiophene rings is 1. The Bertz CT molecular complexity index is 1070. The summed E-state index contributed by atoms with van der Waals surface area (Å²) >= 11 is 7.34. The molecule has 0 bridgehead atoms. The highest BCUT2D eigenvalue weighted by Crippen LogP contribution is 2.41. The Kier molecular flexibility index (Phi) is 4.25. The highest BCUT2D eigenvalue weighted by molar-refractivity contribution is 7.18. The number of pyridine rings is 1. The second-order valence-corrected chi connectivity index (χ2v) is 8.24. The van der Waals surface area contributed by atoms with Crippen LogP contribution < -0.4 is 10.9 Å². The first-order valence-corrected chi connectivity index (χ1v) is 9.60. The minimum Gasteiger partial charge on any atom is -0.506 e. The summed E-state index contributed by atoms with van der Waals surface area (Å²) in [5, 5.41) is 14.5. The van der Waals surface area contributed by atoms with Crippen molar-refractivity contribution < 1.29 is 9.90 Å². The molecule has 0 spiro atoms. The van der Waals surface area contributed by atoms with E-state index in [1.807, 2.05) is 0 Å². The first-order valence-electron chi connectivity index (χ1n) is 8.40. The zero-order valence-corrected chi connectivity index (χ0v) is 15.6. The normalized spacial score (nSPS) is 16.5. The highest BCUT2D eigenvalue weighted by atomic mass is 35.5. The number of nitrogens with one attached hydrogen (secondary N) is 2. The lowest BCUT2D eigenvalue weighted by Crippen LogP contribution is -2.23. The van der Waals surface area contributed by atoms with Crippen LogP contribution in [0.15, 0.2) is 29.1 Å². The topological polar surface area (TPSA) is 82.2 Å². The minimum absolute atomic E-state index is 0.234. The number of rotatable bonds is 2. The summed E-state index contributed by atoms with van der Waals surface area (Å²) in [4.78, 5) is 29.6. The molecule has 0 saturated carbocycles. The van der Waals surface area contributed by atoms with E-state index in [4.69, 9.17) is 11.6 Å². The van der Waals surface area contributed by atoms with Crippen molar-refractivity contribution in [3.05, 3.63) is 55.6 Å². The molecule has 2 aromatic heterocycles. The van der Waals surface area contributed by atoms with Gasteiger partial charge in [0.05, 0.1) is 5.39 Å². The molecule has 3 aromatic rings. The molecule has 4 rings (SSSR count). The molecule has 1 atom stereocenters. The molecule has 2 heterocycles. The maximum absolute atomic E-state index is 12.6. The van der Waals surface area contributed by atoms with Crippen LogP contribution in [0, 0.1) is 5.92 Å². The van der Waals surface area contributed by atoms with Gasteiger partial charge in [-0.3, -0.25) is 9.59 Å². The monoisotopic (exact) mass is 388 g/mol. The molecular formula is C19H17ClN2O3S. The lowest BCUT2D eigenvalue weighted by molar-refractivity contribution is 0.102. The molecule has 0 saturated heterocycles. The largest absolute Gasteiger partial charge is 0.506 e. The Balaban J connectivity index is 1.78. The fourth-order valence-corrected chi connectivity index (χ4v) is 4.96. The van der Waals surface area contributed by atoms with E-state index in [1.165, 1.54) is 16.2 Å². The van der Waals surface area contributed by atoms with Gasteiger partial charge in [-0.15, -0.1) is 11.3 Å². The number of hydrogen-bond donors (Lipinski definition) is 3. The fourth-order valence-electron chi connectivity index (χ4n) is 3.42. The molecule has 1 aliphatic rings. The van der Waals surface area contributed by atoms with Crippen LogP contribution in [0.25, 0.3) is 10.2 Å². The van der Waals surface area contributed by atoms with Gasteiger partial charge in [-0.05, 0) is 55.0 Å². The second kappa shape index (κ2) is 6.45. The predicted octanol–water partition coefficient (Wildman–Crippen LogP) is 4.33. The summed E-state index contributed by atoms with van der Waals surface area (Å²) in [5.74, 6) is -0.295. The summed E-state index contributed by atoms with van der Waals surface area (Å²) in [6, 6.07) is 6.55. The molecule has 7 heteroatoms. The average molecular weight is 389 g/mol. The van der Waals surface area contributed by atoms with Crippen LogP contribution in [0.2, 0.25) is 5.02 Å². The average Bonchev–Trinajstić information content (AvgIpc) is 2.94. The fraction of sp³-hybridized carbons (Fsp3) is 0.263. The van der Waals surface area contributed by atoms with E-state index in [1.54, 1.807) is 24.3 Å². The van der Waals surface area contributed by atoms with E-state index in [0.29, 0.717) is 26.8 Å². The van der Waals surface area contributed by atoms with Crippen LogP contribution in [0.4, 0.5) is 5.69 Å². The van der Waals surface area contributed by atoms with E-state index in [-0.39, 0.29) is 11.3 Å². The number of H-pyrrole nitrogens is 1. The lowest BCUT2D eigenvalue weighted by atomic mass is 9.89. The van der Waals surface area contributed by atoms with Gasteiger partial charge >= 0.3 is 0 Å². The number of amides is 1. The van der Waals surface area contributed by atoms with E-state index in [0.717, 1.165) is 24.8 Å². The van der Waals surface area contributed by atoms with E-state index in [9.17, 15) is 14.7 Å². The number of anilines is 1. The van der Waals surface area contributed by atoms with Crippen LogP contribution in [0.5, 0.6) is 5.75 Å². The van der Waals surface area contributed by atoms with Crippen molar-refractivity contribution >= 4 is 44.7 Å². The maximum atomic E-state index is 12.6. The number of aryl methyl sites for hydroxylation is 1. The van der Waals surface area contributed by atoms with Crippen molar-refractivity contribution in [2.24, 2.45) is 5.92 Å². The number of hydrogen-bond acceptors (Lipinski definition) is 4. The highest BCUT2D eigenvalue weighted by Gasteiger charge is 2.27. The Morgan fingerprint density at radius 2 is 2.08 bits per heavy atom. The number of halogens is 1. The molecule has 0 radical (unpaired) electrons. The van der Waals surface area contributed by atoms with Crippen LogP contribution in [0.3, 0.4) is 0 Å². The molecule has 26 heavy (non-hydrogen) atoms. The Hall–Kier alpha value is -2.31. The van der Waals surface area contributed by atoms with E-state index in [2.05, 4.69) is 17.2 Å². The summed E-state index contributed by atoms with van der Waals surface area (Å²) in [5.41, 5.74) is 0.705. The van der Waals surface area contributed by atoms with Crippen molar-refractivity contribution in [2.45, 2.75) is 26.2 Å². The molecule has 1 aromatic carbocycles. The van der Waals surface area contributed by atoms with Gasteiger partial charge in [-0.25, -0.2) is 0 Å². The van der Waals surface area contributed by atoms with Gasteiger partial charge in [0.2, 0.25) is 0 Å². The Morgan fingerprint density at radius 3 is 2.81 bits per heavy atom.